The fourth-order valence-corrected chi connectivity index (χ4v) is 5.06. The summed E-state index contributed by atoms with van der Waals surface area (Å²) in [5.41, 5.74) is 3.81. The SMILES string of the molecule is COc1cc2c(cc1NC(=O)c1sc3nc(C)nc(C)c3c1C)oc1ccccc12. The number of para-hydroxylation sites is 1. The Morgan fingerprint density at radius 3 is 2.67 bits per heavy atom. The molecular weight excluding hydrogens is 398 g/mol. The third-order valence-electron chi connectivity index (χ3n) is 5.24. The number of nitrogens with zero attached hydrogens (tertiary/aromatic N) is 2. The Hall–Kier alpha value is -3.45. The van der Waals surface area contributed by atoms with E-state index < -0.39 is 0 Å². The summed E-state index contributed by atoms with van der Waals surface area (Å²) in [6.07, 6.45) is 0. The molecule has 5 aromatic rings. The highest BCUT2D eigenvalue weighted by molar-refractivity contribution is 7.20. The fraction of sp³-hybridized carbons (Fsp3) is 0.174. The van der Waals surface area contributed by atoms with Gasteiger partial charge in [0.15, 0.2) is 0 Å². The van der Waals surface area contributed by atoms with Gasteiger partial charge in [0.25, 0.3) is 5.91 Å². The molecule has 0 aliphatic heterocycles. The second-order valence-electron chi connectivity index (χ2n) is 7.19. The summed E-state index contributed by atoms with van der Waals surface area (Å²) >= 11 is 1.37. The highest BCUT2D eigenvalue weighted by atomic mass is 32.1. The Bertz CT molecular complexity index is 1470. The van der Waals surface area contributed by atoms with Gasteiger partial charge in [0.2, 0.25) is 0 Å². The number of hydrogen-bond donors (Lipinski definition) is 1. The van der Waals surface area contributed by atoms with Crippen LogP contribution in [-0.4, -0.2) is 23.0 Å². The summed E-state index contributed by atoms with van der Waals surface area (Å²) in [5, 5.41) is 5.88. The minimum Gasteiger partial charge on any atom is -0.495 e. The molecule has 0 aliphatic carbocycles. The van der Waals surface area contributed by atoms with Gasteiger partial charge < -0.3 is 14.5 Å². The number of amides is 1. The summed E-state index contributed by atoms with van der Waals surface area (Å²) in [5.74, 6) is 1.07. The van der Waals surface area contributed by atoms with Crippen molar-refractivity contribution in [2.45, 2.75) is 20.8 Å². The van der Waals surface area contributed by atoms with Crippen molar-refractivity contribution in [3.63, 3.8) is 0 Å². The van der Waals surface area contributed by atoms with Gasteiger partial charge in [-0.25, -0.2) is 9.97 Å². The van der Waals surface area contributed by atoms with Crippen molar-refractivity contribution in [2.75, 3.05) is 12.4 Å². The number of methoxy groups -OCH3 is 1. The quantitative estimate of drug-likeness (QED) is 0.403. The maximum absolute atomic E-state index is 13.1. The second-order valence-corrected chi connectivity index (χ2v) is 8.19. The lowest BCUT2D eigenvalue weighted by atomic mass is 10.1. The molecule has 3 aromatic heterocycles. The minimum absolute atomic E-state index is 0.207. The Kier molecular flexibility index (Phi) is 4.22. The molecule has 3 heterocycles. The first kappa shape index (κ1) is 18.6. The zero-order valence-corrected chi connectivity index (χ0v) is 17.8. The molecule has 1 N–H and O–H groups in total. The first-order chi connectivity index (χ1) is 14.5. The first-order valence-electron chi connectivity index (χ1n) is 9.51. The number of anilines is 1. The lowest BCUT2D eigenvalue weighted by Crippen LogP contribution is -2.12. The van der Waals surface area contributed by atoms with Gasteiger partial charge in [0.1, 0.15) is 27.6 Å². The molecule has 7 heteroatoms. The van der Waals surface area contributed by atoms with Crippen molar-refractivity contribution < 1.29 is 13.9 Å². The number of nitrogens with one attached hydrogen (secondary N) is 1. The van der Waals surface area contributed by atoms with E-state index in [0.29, 0.717) is 27.7 Å². The van der Waals surface area contributed by atoms with Crippen molar-refractivity contribution in [1.29, 1.82) is 0 Å². The van der Waals surface area contributed by atoms with E-state index in [1.165, 1.54) is 11.3 Å². The average molecular weight is 417 g/mol. The van der Waals surface area contributed by atoms with Crippen LogP contribution in [0, 0.1) is 20.8 Å². The van der Waals surface area contributed by atoms with Crippen LogP contribution >= 0.6 is 11.3 Å². The third-order valence-corrected chi connectivity index (χ3v) is 6.42. The van der Waals surface area contributed by atoms with E-state index in [1.807, 2.05) is 57.2 Å². The van der Waals surface area contributed by atoms with E-state index in [1.54, 1.807) is 7.11 Å². The number of furan rings is 1. The lowest BCUT2D eigenvalue weighted by molar-refractivity contribution is 0.102. The molecule has 0 unspecified atom stereocenters. The van der Waals surface area contributed by atoms with Gasteiger partial charge in [-0.15, -0.1) is 11.3 Å². The largest absolute Gasteiger partial charge is 0.495 e. The van der Waals surface area contributed by atoms with Crippen LogP contribution in [0.4, 0.5) is 5.69 Å². The van der Waals surface area contributed by atoms with E-state index in [9.17, 15) is 4.79 Å². The first-order valence-corrected chi connectivity index (χ1v) is 10.3. The highest BCUT2D eigenvalue weighted by Gasteiger charge is 2.21. The molecule has 0 radical (unpaired) electrons. The zero-order chi connectivity index (χ0) is 21.0. The summed E-state index contributed by atoms with van der Waals surface area (Å²) in [7, 11) is 1.59. The second kappa shape index (κ2) is 6.81. The smallest absolute Gasteiger partial charge is 0.266 e. The Labute approximate surface area is 176 Å². The molecule has 0 bridgehead atoms. The summed E-state index contributed by atoms with van der Waals surface area (Å²) in [6.45, 7) is 5.73. The minimum atomic E-state index is -0.207. The summed E-state index contributed by atoms with van der Waals surface area (Å²) in [4.78, 5) is 23.5. The van der Waals surface area contributed by atoms with Crippen LogP contribution < -0.4 is 10.1 Å². The molecule has 5 rings (SSSR count). The van der Waals surface area contributed by atoms with Crippen LogP contribution in [0.2, 0.25) is 0 Å². The Morgan fingerprint density at radius 2 is 1.87 bits per heavy atom. The third kappa shape index (κ3) is 2.81. The van der Waals surface area contributed by atoms with Crippen molar-refractivity contribution in [2.24, 2.45) is 0 Å². The number of benzene rings is 2. The van der Waals surface area contributed by atoms with Crippen LogP contribution in [0.3, 0.4) is 0 Å². The van der Waals surface area contributed by atoms with Gasteiger partial charge in [-0.2, -0.15) is 0 Å². The van der Waals surface area contributed by atoms with Crippen LogP contribution in [0.25, 0.3) is 32.2 Å². The molecule has 150 valence electrons. The van der Waals surface area contributed by atoms with E-state index in [4.69, 9.17) is 9.15 Å². The maximum atomic E-state index is 13.1. The summed E-state index contributed by atoms with van der Waals surface area (Å²) < 4.78 is 11.5. The number of aromatic nitrogens is 2. The van der Waals surface area contributed by atoms with E-state index in [2.05, 4.69) is 15.3 Å². The standard InChI is InChI=1S/C23H19N3O3S/c1-11-20-12(2)24-13(3)25-23(20)30-21(11)22(27)26-16-10-18-15(9-19(16)28-4)14-7-5-6-8-17(14)29-18/h5-10H,1-4H3,(H,26,27). The molecule has 0 saturated carbocycles. The number of rotatable bonds is 3. The zero-order valence-electron chi connectivity index (χ0n) is 17.0. The molecule has 0 fully saturated rings. The van der Waals surface area contributed by atoms with Crippen LogP contribution in [-0.2, 0) is 0 Å². The summed E-state index contributed by atoms with van der Waals surface area (Å²) in [6, 6.07) is 11.5. The van der Waals surface area contributed by atoms with E-state index in [0.717, 1.165) is 37.8 Å². The number of fused-ring (bicyclic) bond motifs is 4. The number of carbonyl (C=O) groups is 1. The number of carbonyl (C=O) groups excluding carboxylic acids is 1. The van der Waals surface area contributed by atoms with Crippen molar-refractivity contribution >= 4 is 55.1 Å². The fourth-order valence-electron chi connectivity index (χ4n) is 3.89. The van der Waals surface area contributed by atoms with Gasteiger partial charge in [-0.05, 0) is 38.5 Å². The van der Waals surface area contributed by atoms with Crippen molar-refractivity contribution in [3.8, 4) is 5.75 Å². The number of aryl methyl sites for hydroxylation is 3. The van der Waals surface area contributed by atoms with Gasteiger partial charge in [0, 0.05) is 27.9 Å². The molecule has 1 amide bonds. The van der Waals surface area contributed by atoms with Crippen LogP contribution in [0.5, 0.6) is 5.75 Å². The molecule has 0 atom stereocenters. The molecule has 2 aromatic carbocycles. The molecule has 0 aliphatic rings. The molecule has 0 spiro atoms. The van der Waals surface area contributed by atoms with Gasteiger partial charge in [-0.3, -0.25) is 4.79 Å². The van der Waals surface area contributed by atoms with E-state index in [-0.39, 0.29) is 5.91 Å². The number of hydrogen-bond acceptors (Lipinski definition) is 6. The predicted octanol–water partition coefficient (Wildman–Crippen LogP) is 5.78. The van der Waals surface area contributed by atoms with Crippen LogP contribution in [0.1, 0.15) is 26.8 Å². The van der Waals surface area contributed by atoms with Gasteiger partial charge >= 0.3 is 0 Å². The van der Waals surface area contributed by atoms with Crippen molar-refractivity contribution in [1.82, 2.24) is 9.97 Å². The predicted molar refractivity (Wildman–Crippen MR) is 120 cm³/mol. The monoisotopic (exact) mass is 417 g/mol. The van der Waals surface area contributed by atoms with Crippen molar-refractivity contribution in [3.05, 3.63) is 58.4 Å². The van der Waals surface area contributed by atoms with Gasteiger partial charge in [-0.1, -0.05) is 18.2 Å². The topological polar surface area (TPSA) is 77.2 Å². The average Bonchev–Trinajstić information content (AvgIpc) is 3.24. The molecule has 30 heavy (non-hydrogen) atoms. The number of ether oxygens (including phenoxy) is 1. The normalized spacial score (nSPS) is 11.5. The molecule has 6 nitrogen and oxygen atoms in total. The maximum Gasteiger partial charge on any atom is 0.266 e. The van der Waals surface area contributed by atoms with Gasteiger partial charge in [0.05, 0.1) is 17.7 Å². The van der Waals surface area contributed by atoms with Crippen LogP contribution in [0.15, 0.2) is 40.8 Å². The Balaban J connectivity index is 1.59. The number of thiophene rings is 1. The lowest BCUT2D eigenvalue weighted by Gasteiger charge is -2.10. The Morgan fingerprint density at radius 1 is 1.07 bits per heavy atom. The highest BCUT2D eigenvalue weighted by Crippen LogP contribution is 2.37. The molecular formula is C23H19N3O3S. The molecule has 0 saturated heterocycles. The van der Waals surface area contributed by atoms with E-state index >= 15 is 0 Å².